The van der Waals surface area contributed by atoms with Gasteiger partial charge in [-0.15, -0.1) is 0 Å². The smallest absolute Gasteiger partial charge is 0.205 e. The van der Waals surface area contributed by atoms with Crippen molar-refractivity contribution in [2.45, 2.75) is 6.16 Å². The molecule has 0 radical (unpaired) electrons. The van der Waals surface area contributed by atoms with Crippen molar-refractivity contribution < 1.29 is 9.09 Å². The van der Waals surface area contributed by atoms with Crippen LogP contribution in [0.3, 0.4) is 0 Å². The Morgan fingerprint density at radius 1 is 1.62 bits per heavy atom. The van der Waals surface area contributed by atoms with Gasteiger partial charge >= 0.3 is 0 Å². The van der Waals surface area contributed by atoms with Gasteiger partial charge < -0.3 is 4.52 Å². The lowest BCUT2D eigenvalue weighted by atomic mass is 10.4. The Morgan fingerprint density at radius 2 is 2.31 bits per heavy atom. The molecular formula is C8H11BrNO2P. The molecule has 0 aromatic carbocycles. The third kappa shape index (κ3) is 3.59. The van der Waals surface area contributed by atoms with E-state index < -0.39 is 7.37 Å². The fourth-order valence-electron chi connectivity index (χ4n) is 0.897. The first-order chi connectivity index (χ1) is 6.03. The summed E-state index contributed by atoms with van der Waals surface area (Å²) in [7, 11) is -1.04. The van der Waals surface area contributed by atoms with Crippen LogP contribution in [-0.4, -0.2) is 18.8 Å². The predicted molar refractivity (Wildman–Crippen MR) is 56.2 cm³/mol. The SMILES string of the molecule is COP(C)(=O)Cc1cccc(Br)n1. The number of hydrogen-bond donors (Lipinski definition) is 0. The molecule has 0 bridgehead atoms. The second kappa shape index (κ2) is 4.36. The van der Waals surface area contributed by atoms with Crippen LogP contribution in [0.5, 0.6) is 0 Å². The van der Waals surface area contributed by atoms with E-state index in [1.807, 2.05) is 18.2 Å². The van der Waals surface area contributed by atoms with E-state index >= 15 is 0 Å². The highest BCUT2D eigenvalue weighted by molar-refractivity contribution is 9.10. The lowest BCUT2D eigenvalue weighted by Gasteiger charge is -2.09. The number of pyridine rings is 1. The van der Waals surface area contributed by atoms with Gasteiger partial charge in [-0.05, 0) is 28.1 Å². The molecule has 72 valence electrons. The van der Waals surface area contributed by atoms with Gasteiger partial charge in [0.2, 0.25) is 7.37 Å². The average Bonchev–Trinajstić information content (AvgIpc) is 2.03. The molecule has 0 aliphatic heterocycles. The van der Waals surface area contributed by atoms with Gasteiger partial charge in [-0.25, -0.2) is 4.98 Å². The molecule has 1 unspecified atom stereocenters. The van der Waals surface area contributed by atoms with Gasteiger partial charge in [0.1, 0.15) is 4.60 Å². The van der Waals surface area contributed by atoms with Gasteiger partial charge in [0.05, 0.1) is 11.9 Å². The summed E-state index contributed by atoms with van der Waals surface area (Å²) in [6.07, 6.45) is 0.378. The third-order valence-electron chi connectivity index (χ3n) is 1.61. The highest BCUT2D eigenvalue weighted by atomic mass is 79.9. The zero-order chi connectivity index (χ0) is 9.90. The molecule has 1 aromatic rings. The topological polar surface area (TPSA) is 39.2 Å². The summed E-state index contributed by atoms with van der Waals surface area (Å²) < 4.78 is 17.2. The Hall–Kier alpha value is -0.180. The van der Waals surface area contributed by atoms with Gasteiger partial charge in [-0.3, -0.25) is 4.57 Å². The molecular weight excluding hydrogens is 253 g/mol. The molecule has 1 heterocycles. The van der Waals surface area contributed by atoms with Crippen molar-refractivity contribution in [1.29, 1.82) is 0 Å². The zero-order valence-electron chi connectivity index (χ0n) is 7.53. The van der Waals surface area contributed by atoms with Gasteiger partial charge in [-0.2, -0.15) is 0 Å². The highest BCUT2D eigenvalue weighted by Gasteiger charge is 2.15. The monoisotopic (exact) mass is 263 g/mol. The van der Waals surface area contributed by atoms with E-state index in [1.54, 1.807) is 6.66 Å². The fourth-order valence-corrected chi connectivity index (χ4v) is 2.17. The second-order valence-electron chi connectivity index (χ2n) is 2.81. The third-order valence-corrected chi connectivity index (χ3v) is 3.72. The van der Waals surface area contributed by atoms with E-state index in [2.05, 4.69) is 20.9 Å². The molecule has 0 saturated carbocycles. The average molecular weight is 264 g/mol. The first-order valence-electron chi connectivity index (χ1n) is 3.77. The van der Waals surface area contributed by atoms with Gasteiger partial charge in [0.15, 0.2) is 0 Å². The molecule has 1 rings (SSSR count). The number of rotatable bonds is 3. The fraction of sp³-hybridized carbons (Fsp3) is 0.375. The summed E-state index contributed by atoms with van der Waals surface area (Å²) in [5.74, 6) is 0. The minimum atomic E-state index is -2.50. The Kier molecular flexibility index (Phi) is 3.65. The van der Waals surface area contributed by atoms with Crippen molar-refractivity contribution in [2.75, 3.05) is 13.8 Å². The van der Waals surface area contributed by atoms with Crippen molar-refractivity contribution in [3.05, 3.63) is 28.5 Å². The van der Waals surface area contributed by atoms with Gasteiger partial charge in [0, 0.05) is 13.8 Å². The summed E-state index contributed by atoms with van der Waals surface area (Å²) in [5.41, 5.74) is 0.780. The van der Waals surface area contributed by atoms with Crippen LogP contribution in [0.4, 0.5) is 0 Å². The van der Waals surface area contributed by atoms with Crippen molar-refractivity contribution in [3.63, 3.8) is 0 Å². The van der Waals surface area contributed by atoms with Crippen molar-refractivity contribution in [2.24, 2.45) is 0 Å². The summed E-state index contributed by atoms with van der Waals surface area (Å²) >= 11 is 3.25. The van der Waals surface area contributed by atoms with Crippen LogP contribution in [0.1, 0.15) is 5.69 Å². The lowest BCUT2D eigenvalue weighted by molar-refractivity contribution is 0.397. The number of halogens is 1. The molecule has 0 N–H and O–H groups in total. The van der Waals surface area contributed by atoms with E-state index in [0.29, 0.717) is 6.16 Å². The zero-order valence-corrected chi connectivity index (χ0v) is 10.0. The van der Waals surface area contributed by atoms with E-state index in [-0.39, 0.29) is 0 Å². The Balaban J connectivity index is 2.81. The first-order valence-corrected chi connectivity index (χ1v) is 6.82. The van der Waals surface area contributed by atoms with E-state index in [4.69, 9.17) is 4.52 Å². The number of hydrogen-bond acceptors (Lipinski definition) is 3. The summed E-state index contributed by atoms with van der Waals surface area (Å²) in [4.78, 5) is 4.17. The quantitative estimate of drug-likeness (QED) is 0.622. The van der Waals surface area contributed by atoms with Crippen LogP contribution in [0.15, 0.2) is 22.8 Å². The second-order valence-corrected chi connectivity index (χ2v) is 6.33. The molecule has 1 atom stereocenters. The van der Waals surface area contributed by atoms with Crippen molar-refractivity contribution in [3.8, 4) is 0 Å². The Bertz CT molecular complexity index is 343. The van der Waals surface area contributed by atoms with E-state index in [9.17, 15) is 4.57 Å². The first kappa shape index (κ1) is 10.9. The maximum absolute atomic E-state index is 11.6. The van der Waals surface area contributed by atoms with Crippen LogP contribution >= 0.6 is 23.3 Å². The predicted octanol–water partition coefficient (Wildman–Crippen LogP) is 2.90. The molecule has 5 heteroatoms. The number of aromatic nitrogens is 1. The van der Waals surface area contributed by atoms with E-state index in [0.717, 1.165) is 10.3 Å². The maximum atomic E-state index is 11.6. The summed E-state index contributed by atoms with van der Waals surface area (Å²) in [6.45, 7) is 1.61. The molecule has 0 spiro atoms. The van der Waals surface area contributed by atoms with Gasteiger partial charge in [-0.1, -0.05) is 6.07 Å². The van der Waals surface area contributed by atoms with Crippen molar-refractivity contribution >= 4 is 23.3 Å². The van der Waals surface area contributed by atoms with Crippen LogP contribution < -0.4 is 0 Å². The minimum absolute atomic E-state index is 0.378. The highest BCUT2D eigenvalue weighted by Crippen LogP contribution is 2.44. The molecule has 0 amide bonds. The minimum Gasteiger partial charge on any atom is -0.332 e. The maximum Gasteiger partial charge on any atom is 0.205 e. The lowest BCUT2D eigenvalue weighted by Crippen LogP contribution is -1.92. The summed E-state index contributed by atoms with van der Waals surface area (Å²) in [6, 6.07) is 5.53. The van der Waals surface area contributed by atoms with Gasteiger partial charge in [0.25, 0.3) is 0 Å². The van der Waals surface area contributed by atoms with Crippen molar-refractivity contribution in [1.82, 2.24) is 4.98 Å². The normalized spacial score (nSPS) is 15.3. The largest absolute Gasteiger partial charge is 0.332 e. The number of nitrogens with zero attached hydrogens (tertiary/aromatic N) is 1. The molecule has 0 saturated heterocycles. The van der Waals surface area contributed by atoms with E-state index in [1.165, 1.54) is 7.11 Å². The van der Waals surface area contributed by atoms with Crippen LogP contribution in [-0.2, 0) is 15.3 Å². The Labute approximate surface area is 86.1 Å². The Morgan fingerprint density at radius 3 is 2.85 bits per heavy atom. The van der Waals surface area contributed by atoms with Crippen LogP contribution in [0.2, 0.25) is 0 Å². The molecule has 0 aliphatic carbocycles. The van der Waals surface area contributed by atoms with Crippen LogP contribution in [0, 0.1) is 0 Å². The molecule has 0 aliphatic rings. The van der Waals surface area contributed by atoms with Crippen LogP contribution in [0.25, 0.3) is 0 Å². The molecule has 13 heavy (non-hydrogen) atoms. The summed E-state index contributed by atoms with van der Waals surface area (Å²) in [5, 5.41) is 0. The molecule has 3 nitrogen and oxygen atoms in total. The standard InChI is InChI=1S/C8H11BrNO2P/c1-12-13(2,11)6-7-4-3-5-8(9)10-7/h3-5H,6H2,1-2H3. The molecule has 1 aromatic heterocycles. The molecule has 0 fully saturated rings.